The first-order valence-corrected chi connectivity index (χ1v) is 6.47. The van der Waals surface area contributed by atoms with E-state index in [0.29, 0.717) is 19.4 Å². The molecule has 1 amide bonds. The molecule has 0 saturated carbocycles. The molecule has 0 bridgehead atoms. The van der Waals surface area contributed by atoms with E-state index >= 15 is 0 Å². The fourth-order valence-electron chi connectivity index (χ4n) is 2.18. The van der Waals surface area contributed by atoms with Gasteiger partial charge in [0.25, 0.3) is 5.91 Å². The summed E-state index contributed by atoms with van der Waals surface area (Å²) in [5.74, 6) is -1.85. The van der Waals surface area contributed by atoms with E-state index in [-0.39, 0.29) is 11.4 Å². The van der Waals surface area contributed by atoms with Gasteiger partial charge < -0.3 is 14.7 Å². The van der Waals surface area contributed by atoms with Gasteiger partial charge >= 0.3 is 12.1 Å². The Morgan fingerprint density at radius 1 is 1.41 bits per heavy atom. The molecule has 0 spiro atoms. The normalized spacial score (nSPS) is 18.3. The van der Waals surface area contributed by atoms with E-state index in [0.717, 1.165) is 12.3 Å². The quantitative estimate of drug-likeness (QED) is 0.914. The maximum atomic E-state index is 12.2. The highest BCUT2D eigenvalue weighted by Crippen LogP contribution is 2.21. The number of amides is 1. The van der Waals surface area contributed by atoms with Gasteiger partial charge in [0.2, 0.25) is 5.88 Å². The molecule has 1 aromatic heterocycles. The van der Waals surface area contributed by atoms with Crippen molar-refractivity contribution in [3.05, 3.63) is 23.9 Å². The third-order valence-electron chi connectivity index (χ3n) is 3.17. The number of hydrogen-bond acceptors (Lipinski definition) is 4. The minimum Gasteiger partial charge on any atom is -0.480 e. The van der Waals surface area contributed by atoms with Crippen molar-refractivity contribution in [2.24, 2.45) is 0 Å². The number of carbonyl (C=O) groups excluding carboxylic acids is 1. The summed E-state index contributed by atoms with van der Waals surface area (Å²) in [6.45, 7) is -1.15. The van der Waals surface area contributed by atoms with E-state index in [9.17, 15) is 22.8 Å². The first-order valence-electron chi connectivity index (χ1n) is 6.47. The molecule has 0 aromatic carbocycles. The zero-order chi connectivity index (χ0) is 16.3. The Morgan fingerprint density at radius 3 is 2.68 bits per heavy atom. The van der Waals surface area contributed by atoms with Crippen molar-refractivity contribution in [2.45, 2.75) is 25.1 Å². The Kier molecular flexibility index (Phi) is 4.53. The van der Waals surface area contributed by atoms with Crippen LogP contribution in [0.3, 0.4) is 0 Å². The van der Waals surface area contributed by atoms with E-state index in [1.165, 1.54) is 11.0 Å². The number of rotatable bonds is 4. The van der Waals surface area contributed by atoms with Crippen LogP contribution in [0.15, 0.2) is 18.3 Å². The fourth-order valence-corrected chi connectivity index (χ4v) is 2.18. The van der Waals surface area contributed by atoms with Crippen molar-refractivity contribution in [3.8, 4) is 5.88 Å². The lowest BCUT2D eigenvalue weighted by molar-refractivity contribution is -0.154. The second kappa shape index (κ2) is 6.20. The van der Waals surface area contributed by atoms with Crippen LogP contribution in [0.1, 0.15) is 23.2 Å². The Balaban J connectivity index is 2.03. The highest BCUT2D eigenvalue weighted by molar-refractivity contribution is 5.96. The zero-order valence-corrected chi connectivity index (χ0v) is 11.3. The maximum absolute atomic E-state index is 12.2. The Labute approximate surface area is 123 Å². The Morgan fingerprint density at radius 2 is 2.14 bits per heavy atom. The molecule has 0 radical (unpaired) electrons. The van der Waals surface area contributed by atoms with Crippen LogP contribution in [-0.2, 0) is 4.79 Å². The minimum atomic E-state index is -4.47. The number of aliphatic carboxylic acids is 1. The van der Waals surface area contributed by atoms with Gasteiger partial charge in [-0.3, -0.25) is 4.79 Å². The molecule has 2 rings (SSSR count). The van der Waals surface area contributed by atoms with Gasteiger partial charge in [-0.15, -0.1) is 0 Å². The fraction of sp³-hybridized carbons (Fsp3) is 0.462. The van der Waals surface area contributed by atoms with Gasteiger partial charge in [0.15, 0.2) is 6.61 Å². The van der Waals surface area contributed by atoms with Gasteiger partial charge in [0, 0.05) is 18.8 Å². The second-order valence-corrected chi connectivity index (χ2v) is 4.78. The molecular weight excluding hydrogens is 305 g/mol. The molecule has 120 valence electrons. The van der Waals surface area contributed by atoms with Crippen molar-refractivity contribution in [3.63, 3.8) is 0 Å². The lowest BCUT2D eigenvalue weighted by Crippen LogP contribution is -2.40. The number of carboxylic acid groups (broad SMARTS) is 1. The van der Waals surface area contributed by atoms with Crippen LogP contribution in [0.5, 0.6) is 5.88 Å². The Hall–Kier alpha value is -2.32. The van der Waals surface area contributed by atoms with E-state index in [1.807, 2.05) is 0 Å². The second-order valence-electron chi connectivity index (χ2n) is 4.78. The smallest absolute Gasteiger partial charge is 0.422 e. The highest BCUT2D eigenvalue weighted by atomic mass is 19.4. The monoisotopic (exact) mass is 318 g/mol. The van der Waals surface area contributed by atoms with E-state index in [1.54, 1.807) is 0 Å². The number of carbonyl (C=O) groups is 2. The number of aromatic nitrogens is 1. The van der Waals surface area contributed by atoms with Gasteiger partial charge in [-0.2, -0.15) is 13.2 Å². The molecule has 9 heteroatoms. The highest BCUT2D eigenvalue weighted by Gasteiger charge is 2.34. The summed E-state index contributed by atoms with van der Waals surface area (Å²) in [5, 5.41) is 9.03. The van der Waals surface area contributed by atoms with Crippen LogP contribution in [0.2, 0.25) is 0 Å². The van der Waals surface area contributed by atoms with E-state index < -0.39 is 30.7 Å². The lowest BCUT2D eigenvalue weighted by Gasteiger charge is -2.21. The molecule has 22 heavy (non-hydrogen) atoms. The molecule has 1 saturated heterocycles. The van der Waals surface area contributed by atoms with E-state index in [2.05, 4.69) is 9.72 Å². The number of likely N-dealkylation sites (tertiary alicyclic amines) is 1. The van der Waals surface area contributed by atoms with Crippen molar-refractivity contribution >= 4 is 11.9 Å². The summed E-state index contributed by atoms with van der Waals surface area (Å²) in [4.78, 5) is 28.1. The number of ether oxygens (including phenoxy) is 1. The average molecular weight is 318 g/mol. The predicted octanol–water partition coefficient (Wildman–Crippen LogP) is 1.71. The third-order valence-corrected chi connectivity index (χ3v) is 3.17. The zero-order valence-electron chi connectivity index (χ0n) is 11.3. The predicted molar refractivity (Wildman–Crippen MR) is 67.5 cm³/mol. The number of pyridine rings is 1. The first-order chi connectivity index (χ1) is 10.3. The van der Waals surface area contributed by atoms with Gasteiger partial charge in [-0.05, 0) is 18.9 Å². The van der Waals surface area contributed by atoms with Gasteiger partial charge in [-0.1, -0.05) is 0 Å². The van der Waals surface area contributed by atoms with Crippen LogP contribution in [0, 0.1) is 0 Å². The SMILES string of the molecule is O=C(O)C1CCCN1C(=O)c1ccc(OCC(F)(F)F)nc1. The van der Waals surface area contributed by atoms with Crippen molar-refractivity contribution in [1.82, 2.24) is 9.88 Å². The van der Waals surface area contributed by atoms with Crippen molar-refractivity contribution in [1.29, 1.82) is 0 Å². The average Bonchev–Trinajstić information content (AvgIpc) is 2.94. The van der Waals surface area contributed by atoms with Crippen LogP contribution < -0.4 is 4.74 Å². The van der Waals surface area contributed by atoms with Crippen molar-refractivity contribution in [2.75, 3.05) is 13.2 Å². The molecule has 1 unspecified atom stereocenters. The molecule has 1 N–H and O–H groups in total. The summed E-state index contributed by atoms with van der Waals surface area (Å²) in [6.07, 6.45) is -2.43. The lowest BCUT2D eigenvalue weighted by atomic mass is 10.2. The molecule has 1 aliphatic rings. The molecule has 2 heterocycles. The molecule has 6 nitrogen and oxygen atoms in total. The van der Waals surface area contributed by atoms with Crippen LogP contribution in [-0.4, -0.2) is 52.2 Å². The maximum Gasteiger partial charge on any atom is 0.422 e. The molecule has 0 aliphatic carbocycles. The van der Waals surface area contributed by atoms with Crippen LogP contribution in [0.25, 0.3) is 0 Å². The van der Waals surface area contributed by atoms with Gasteiger partial charge in [-0.25, -0.2) is 9.78 Å². The summed E-state index contributed by atoms with van der Waals surface area (Å²) < 4.78 is 40.4. The third kappa shape index (κ3) is 3.86. The Bertz CT molecular complexity index is 559. The molecular formula is C13H13F3N2O4. The number of hydrogen-bond donors (Lipinski definition) is 1. The van der Waals surface area contributed by atoms with Gasteiger partial charge in [0.1, 0.15) is 6.04 Å². The summed E-state index contributed by atoms with van der Waals surface area (Å²) in [5.41, 5.74) is 0.104. The number of halogens is 3. The molecule has 1 fully saturated rings. The summed E-state index contributed by atoms with van der Waals surface area (Å²) in [6, 6.07) is 1.52. The largest absolute Gasteiger partial charge is 0.480 e. The minimum absolute atomic E-state index is 0.104. The number of nitrogens with zero attached hydrogens (tertiary/aromatic N) is 2. The molecule has 1 atom stereocenters. The van der Waals surface area contributed by atoms with Crippen LogP contribution in [0.4, 0.5) is 13.2 Å². The van der Waals surface area contributed by atoms with Crippen LogP contribution >= 0.6 is 0 Å². The summed E-state index contributed by atoms with van der Waals surface area (Å²) in [7, 11) is 0. The molecule has 1 aromatic rings. The number of carboxylic acids is 1. The molecule has 1 aliphatic heterocycles. The van der Waals surface area contributed by atoms with Gasteiger partial charge in [0.05, 0.1) is 5.56 Å². The summed E-state index contributed by atoms with van der Waals surface area (Å²) >= 11 is 0. The number of alkyl halides is 3. The van der Waals surface area contributed by atoms with E-state index in [4.69, 9.17) is 5.11 Å². The topological polar surface area (TPSA) is 79.7 Å². The standard InChI is InChI=1S/C13H13F3N2O4/c14-13(15,16)7-22-10-4-3-8(6-17-10)11(19)18-5-1-2-9(18)12(20)21/h3-4,6,9H,1-2,5,7H2,(H,20,21). The first kappa shape index (κ1) is 16.1. The van der Waals surface area contributed by atoms with Crippen molar-refractivity contribution < 1.29 is 32.6 Å².